The number of rotatable bonds is 10. The second kappa shape index (κ2) is 12.3. The van der Waals surface area contributed by atoms with Crippen molar-refractivity contribution in [1.82, 2.24) is 20.4 Å². The Morgan fingerprint density at radius 2 is 1.00 bits per heavy atom. The van der Waals surface area contributed by atoms with Crippen LogP contribution in [0.5, 0.6) is 0 Å². The molecule has 2 N–H and O–H groups in total. The predicted molar refractivity (Wildman–Crippen MR) is 143 cm³/mol. The van der Waals surface area contributed by atoms with Gasteiger partial charge in [0.25, 0.3) is 0 Å². The molecular formula is C28H44N4O8. The van der Waals surface area contributed by atoms with Gasteiger partial charge in [-0.05, 0) is 51.4 Å². The van der Waals surface area contributed by atoms with Crippen molar-refractivity contribution in [2.75, 3.05) is 66.8 Å². The predicted octanol–water partition coefficient (Wildman–Crippen LogP) is 1.11. The van der Waals surface area contributed by atoms with E-state index in [1.807, 2.05) is 0 Å². The molecule has 7 fully saturated rings. The topological polar surface area (TPSA) is 136 Å². The van der Waals surface area contributed by atoms with Gasteiger partial charge in [-0.15, -0.1) is 0 Å². The summed E-state index contributed by atoms with van der Waals surface area (Å²) in [7, 11) is 3.13. The highest BCUT2D eigenvalue weighted by Crippen LogP contribution is 2.38. The van der Waals surface area contributed by atoms with Gasteiger partial charge < -0.3 is 29.6 Å². The number of nitrogens with zero attached hydrogens (tertiary/aromatic N) is 2. The molecule has 6 saturated heterocycles. The Kier molecular flexibility index (Phi) is 8.98. The molecule has 7 rings (SSSR count). The number of carbonyl (C=O) groups excluding carboxylic acids is 4. The number of piperidine rings is 6. The maximum atomic E-state index is 13.1. The number of fused-ring (bicyclic) bond motifs is 6. The number of amides is 2. The van der Waals surface area contributed by atoms with Crippen molar-refractivity contribution in [3.8, 4) is 0 Å². The fraction of sp³-hybridized carbons (Fsp3) is 0.857. The molecule has 1 saturated carbocycles. The van der Waals surface area contributed by atoms with Crippen molar-refractivity contribution in [1.29, 1.82) is 0 Å². The third-order valence-corrected chi connectivity index (χ3v) is 9.88. The lowest BCUT2D eigenvalue weighted by atomic mass is 9.74. The highest BCUT2D eigenvalue weighted by Gasteiger charge is 2.55. The second-order valence-corrected chi connectivity index (χ2v) is 12.2. The molecule has 2 atom stereocenters. The second-order valence-electron chi connectivity index (χ2n) is 12.2. The molecule has 224 valence electrons. The summed E-state index contributed by atoms with van der Waals surface area (Å²) in [4.78, 5) is 55.6. The number of hydrogen-bond donors (Lipinski definition) is 2. The Morgan fingerprint density at radius 3 is 1.30 bits per heavy atom. The van der Waals surface area contributed by atoms with E-state index in [0.717, 1.165) is 51.9 Å². The summed E-state index contributed by atoms with van der Waals surface area (Å²) in [6.45, 7) is 3.63. The SMILES string of the molecule is COC[C@]1(COC(=O)NC2CCC(NC(=O)OC[C@@]3(COC)C(=O)C4CCN3CC4)CC2)C(=O)C2CCN1CC2. The van der Waals surface area contributed by atoms with E-state index in [1.54, 1.807) is 14.2 Å². The number of ether oxygens (including phenoxy) is 4. The maximum Gasteiger partial charge on any atom is 0.407 e. The van der Waals surface area contributed by atoms with E-state index in [1.165, 1.54) is 0 Å². The van der Waals surface area contributed by atoms with Crippen LogP contribution in [0.1, 0.15) is 51.4 Å². The fourth-order valence-electron chi connectivity index (χ4n) is 7.59. The van der Waals surface area contributed by atoms with Gasteiger partial charge in [-0.3, -0.25) is 19.4 Å². The van der Waals surface area contributed by atoms with Crippen molar-refractivity contribution in [2.24, 2.45) is 11.8 Å². The van der Waals surface area contributed by atoms with E-state index in [2.05, 4.69) is 20.4 Å². The number of hydrogen-bond acceptors (Lipinski definition) is 10. The van der Waals surface area contributed by atoms with Gasteiger partial charge in [0.15, 0.2) is 11.6 Å². The third-order valence-electron chi connectivity index (χ3n) is 9.88. The molecule has 0 aromatic heterocycles. The molecule has 6 aliphatic heterocycles. The highest BCUT2D eigenvalue weighted by atomic mass is 16.6. The van der Waals surface area contributed by atoms with Crippen LogP contribution in [-0.4, -0.2) is 124 Å². The summed E-state index contributed by atoms with van der Waals surface area (Å²) < 4.78 is 21.9. The van der Waals surface area contributed by atoms with Crippen LogP contribution in [0, 0.1) is 11.8 Å². The molecule has 0 spiro atoms. The molecule has 6 heterocycles. The average Bonchev–Trinajstić information content (AvgIpc) is 2.97. The zero-order valence-corrected chi connectivity index (χ0v) is 23.8. The molecule has 7 aliphatic rings. The molecule has 12 heteroatoms. The summed E-state index contributed by atoms with van der Waals surface area (Å²) in [6.07, 6.45) is 5.06. The molecular weight excluding hydrogens is 520 g/mol. The minimum absolute atomic E-state index is 0.0163. The molecule has 2 amide bonds. The van der Waals surface area contributed by atoms with Gasteiger partial charge in [-0.25, -0.2) is 9.59 Å². The number of carbonyl (C=O) groups is 4. The van der Waals surface area contributed by atoms with Crippen LogP contribution < -0.4 is 10.6 Å². The quantitative estimate of drug-likeness (QED) is 0.397. The normalized spacial score (nSPS) is 38.6. The first kappa shape index (κ1) is 29.2. The molecule has 0 unspecified atom stereocenters. The van der Waals surface area contributed by atoms with Crippen LogP contribution in [0.2, 0.25) is 0 Å². The smallest absolute Gasteiger partial charge is 0.407 e. The summed E-state index contributed by atoms with van der Waals surface area (Å²) in [5, 5.41) is 5.85. The van der Waals surface area contributed by atoms with Gasteiger partial charge >= 0.3 is 12.2 Å². The van der Waals surface area contributed by atoms with E-state index in [-0.39, 0.29) is 61.9 Å². The van der Waals surface area contributed by atoms with Gasteiger partial charge in [0.2, 0.25) is 0 Å². The third kappa shape index (κ3) is 5.60. The number of alkyl carbamates (subject to hydrolysis) is 2. The largest absolute Gasteiger partial charge is 0.447 e. The Morgan fingerprint density at radius 1 is 0.650 bits per heavy atom. The van der Waals surface area contributed by atoms with E-state index in [9.17, 15) is 19.2 Å². The molecule has 0 aromatic rings. The van der Waals surface area contributed by atoms with E-state index >= 15 is 0 Å². The van der Waals surface area contributed by atoms with Crippen LogP contribution in [-0.2, 0) is 28.5 Å². The summed E-state index contributed by atoms with van der Waals surface area (Å²) >= 11 is 0. The van der Waals surface area contributed by atoms with E-state index in [0.29, 0.717) is 25.7 Å². The minimum Gasteiger partial charge on any atom is -0.447 e. The van der Waals surface area contributed by atoms with Gasteiger partial charge in [0.05, 0.1) is 13.2 Å². The zero-order chi connectivity index (χ0) is 28.3. The average molecular weight is 565 g/mol. The number of methoxy groups -OCH3 is 2. The number of nitrogens with one attached hydrogen (secondary N) is 2. The summed E-state index contributed by atoms with van der Waals surface area (Å²) in [5.41, 5.74) is -1.79. The van der Waals surface area contributed by atoms with Crippen LogP contribution >= 0.6 is 0 Å². The lowest BCUT2D eigenvalue weighted by Gasteiger charge is -2.51. The van der Waals surface area contributed by atoms with E-state index in [4.69, 9.17) is 18.9 Å². The molecule has 4 bridgehead atoms. The standard InChI is InChI=1S/C28H44N4O8/c1-37-15-27(23(33)19-7-11-31(27)12-8-19)17-39-25(35)29-21-3-5-22(6-4-21)30-26(36)40-18-28(16-38-2)24(34)20-9-13-32(28)14-10-20/h19-22H,3-18H2,1-2H3,(H,29,35)(H,30,36)/t21?,22?,27-,28-/m0/s1. The van der Waals surface area contributed by atoms with E-state index < -0.39 is 23.3 Å². The Hall–Kier alpha value is -2.28. The molecule has 1 aliphatic carbocycles. The van der Waals surface area contributed by atoms with Gasteiger partial charge in [0.1, 0.15) is 24.3 Å². The lowest BCUT2D eigenvalue weighted by Crippen LogP contribution is -2.69. The van der Waals surface area contributed by atoms with Crippen LogP contribution in [0.25, 0.3) is 0 Å². The van der Waals surface area contributed by atoms with Crippen molar-refractivity contribution < 1.29 is 38.1 Å². The van der Waals surface area contributed by atoms with Gasteiger partial charge in [-0.2, -0.15) is 0 Å². The Balaban J connectivity index is 1.04. The molecule has 0 radical (unpaired) electrons. The van der Waals surface area contributed by atoms with Crippen molar-refractivity contribution in [2.45, 2.75) is 74.5 Å². The lowest BCUT2D eigenvalue weighted by molar-refractivity contribution is -0.158. The van der Waals surface area contributed by atoms with Crippen molar-refractivity contribution in [3.63, 3.8) is 0 Å². The zero-order valence-electron chi connectivity index (χ0n) is 23.8. The van der Waals surface area contributed by atoms with Crippen LogP contribution in [0.3, 0.4) is 0 Å². The van der Waals surface area contributed by atoms with Crippen LogP contribution in [0.15, 0.2) is 0 Å². The molecule has 40 heavy (non-hydrogen) atoms. The van der Waals surface area contributed by atoms with Gasteiger partial charge in [0, 0.05) is 64.3 Å². The highest BCUT2D eigenvalue weighted by molar-refractivity contribution is 5.93. The number of ketones is 2. The Bertz CT molecular complexity index is 880. The summed E-state index contributed by atoms with van der Waals surface area (Å²) in [5.74, 6) is 0.262. The van der Waals surface area contributed by atoms with Gasteiger partial charge in [-0.1, -0.05) is 0 Å². The molecule has 12 nitrogen and oxygen atoms in total. The van der Waals surface area contributed by atoms with Crippen molar-refractivity contribution in [3.05, 3.63) is 0 Å². The minimum atomic E-state index is -0.893. The Labute approximate surface area is 235 Å². The maximum absolute atomic E-state index is 13.1. The first-order chi connectivity index (χ1) is 19.3. The monoisotopic (exact) mass is 564 g/mol. The molecule has 0 aromatic carbocycles. The summed E-state index contributed by atoms with van der Waals surface area (Å²) in [6, 6.07) is -0.154. The fourth-order valence-corrected chi connectivity index (χ4v) is 7.59. The van der Waals surface area contributed by atoms with Crippen molar-refractivity contribution >= 4 is 23.8 Å². The first-order valence-electron chi connectivity index (χ1n) is 14.7. The van der Waals surface area contributed by atoms with Crippen LogP contribution in [0.4, 0.5) is 9.59 Å². The first-order valence-corrected chi connectivity index (χ1v) is 14.7. The number of Topliss-reactive ketones (excluding diaryl/α,β-unsaturated/α-hetero) is 2.